The van der Waals surface area contributed by atoms with Gasteiger partial charge in [-0.2, -0.15) is 5.10 Å². The van der Waals surface area contributed by atoms with Crippen LogP contribution in [0, 0.1) is 19.8 Å². The second-order valence-electron chi connectivity index (χ2n) is 6.95. The van der Waals surface area contributed by atoms with Crippen LogP contribution in [0.2, 0.25) is 0 Å². The smallest absolute Gasteiger partial charge is 0.228 e. The topological polar surface area (TPSA) is 76.0 Å². The van der Waals surface area contributed by atoms with Gasteiger partial charge in [0.25, 0.3) is 0 Å². The van der Waals surface area contributed by atoms with Crippen LogP contribution in [0.15, 0.2) is 24.3 Å². The Bertz CT molecular complexity index is 804. The van der Waals surface area contributed by atoms with Gasteiger partial charge in [0.05, 0.1) is 23.5 Å². The molecule has 1 aromatic heterocycles. The summed E-state index contributed by atoms with van der Waals surface area (Å²) >= 11 is 0. The summed E-state index contributed by atoms with van der Waals surface area (Å²) in [6.07, 6.45) is 3.25. The maximum atomic E-state index is 12.4. The van der Waals surface area contributed by atoms with Crippen LogP contribution in [-0.2, 0) is 22.6 Å². The fraction of sp³-hybridized carbons (Fsp3) is 0.450. The Morgan fingerprint density at radius 3 is 2.46 bits per heavy atom. The van der Waals surface area contributed by atoms with Crippen molar-refractivity contribution in [1.29, 1.82) is 0 Å². The second kappa shape index (κ2) is 7.72. The van der Waals surface area contributed by atoms with E-state index in [0.717, 1.165) is 54.1 Å². The highest BCUT2D eigenvalue weighted by Crippen LogP contribution is 2.30. The van der Waals surface area contributed by atoms with Crippen molar-refractivity contribution >= 4 is 23.2 Å². The zero-order valence-corrected chi connectivity index (χ0v) is 15.6. The molecule has 0 aliphatic heterocycles. The van der Waals surface area contributed by atoms with Crippen LogP contribution in [0.25, 0.3) is 0 Å². The standard InChI is InChI=1S/C20H26N4O2/c1-4-11-24-14(3)19(13(2)23-24)22-18(25)12-15-5-9-17(10-6-15)21-20(26)16-7-8-16/h5-6,9-10,16H,4,7-8,11-12H2,1-3H3,(H,21,26)(H,22,25). The molecule has 6 heteroatoms. The van der Waals surface area contributed by atoms with Crippen molar-refractivity contribution in [1.82, 2.24) is 9.78 Å². The van der Waals surface area contributed by atoms with E-state index in [1.807, 2.05) is 42.8 Å². The lowest BCUT2D eigenvalue weighted by Crippen LogP contribution is -2.16. The third kappa shape index (κ3) is 4.31. The minimum absolute atomic E-state index is 0.0676. The number of rotatable bonds is 7. The highest BCUT2D eigenvalue weighted by atomic mass is 16.2. The van der Waals surface area contributed by atoms with Gasteiger partial charge in [0, 0.05) is 18.2 Å². The number of aryl methyl sites for hydroxylation is 2. The first-order valence-corrected chi connectivity index (χ1v) is 9.21. The molecule has 1 aliphatic rings. The van der Waals surface area contributed by atoms with Gasteiger partial charge in [-0.25, -0.2) is 0 Å². The fourth-order valence-corrected chi connectivity index (χ4v) is 2.97. The van der Waals surface area contributed by atoms with Gasteiger partial charge in [-0.1, -0.05) is 19.1 Å². The van der Waals surface area contributed by atoms with Crippen LogP contribution >= 0.6 is 0 Å². The van der Waals surface area contributed by atoms with Gasteiger partial charge in [-0.15, -0.1) is 0 Å². The molecule has 0 spiro atoms. The van der Waals surface area contributed by atoms with E-state index < -0.39 is 0 Å². The lowest BCUT2D eigenvalue weighted by Gasteiger charge is -2.08. The van der Waals surface area contributed by atoms with Crippen molar-refractivity contribution in [3.8, 4) is 0 Å². The SMILES string of the molecule is CCCn1nc(C)c(NC(=O)Cc2ccc(NC(=O)C3CC3)cc2)c1C. The molecule has 1 fully saturated rings. The van der Waals surface area contributed by atoms with Gasteiger partial charge in [-0.3, -0.25) is 14.3 Å². The summed E-state index contributed by atoms with van der Waals surface area (Å²) in [6.45, 7) is 6.83. The van der Waals surface area contributed by atoms with Crippen LogP contribution in [-0.4, -0.2) is 21.6 Å². The molecule has 3 rings (SSSR count). The Balaban J connectivity index is 1.58. The average Bonchev–Trinajstić information content (AvgIpc) is 3.42. The van der Waals surface area contributed by atoms with Gasteiger partial charge >= 0.3 is 0 Å². The number of hydrogen-bond acceptors (Lipinski definition) is 3. The van der Waals surface area contributed by atoms with E-state index in [2.05, 4.69) is 22.7 Å². The summed E-state index contributed by atoms with van der Waals surface area (Å²) in [5, 5.41) is 10.4. The van der Waals surface area contributed by atoms with Crippen LogP contribution in [0.1, 0.15) is 43.1 Å². The maximum absolute atomic E-state index is 12.4. The molecule has 0 unspecified atom stereocenters. The summed E-state index contributed by atoms with van der Waals surface area (Å²) in [6, 6.07) is 7.45. The van der Waals surface area contributed by atoms with Gasteiger partial charge in [0.15, 0.2) is 0 Å². The van der Waals surface area contributed by atoms with Crippen molar-refractivity contribution in [3.05, 3.63) is 41.2 Å². The van der Waals surface area contributed by atoms with Crippen molar-refractivity contribution in [2.24, 2.45) is 5.92 Å². The Morgan fingerprint density at radius 1 is 1.15 bits per heavy atom. The number of anilines is 2. The summed E-state index contributed by atoms with van der Waals surface area (Å²) in [7, 11) is 0. The molecule has 0 saturated heterocycles. The monoisotopic (exact) mass is 354 g/mol. The van der Waals surface area contributed by atoms with Gasteiger partial charge in [0.2, 0.25) is 11.8 Å². The highest BCUT2D eigenvalue weighted by Gasteiger charge is 2.29. The number of amides is 2. The van der Waals surface area contributed by atoms with E-state index in [9.17, 15) is 9.59 Å². The first-order valence-electron chi connectivity index (χ1n) is 9.21. The number of hydrogen-bond donors (Lipinski definition) is 2. The Labute approximate surface area is 154 Å². The molecule has 2 N–H and O–H groups in total. The number of carbonyl (C=O) groups excluding carboxylic acids is 2. The summed E-state index contributed by atoms with van der Waals surface area (Å²) < 4.78 is 1.93. The summed E-state index contributed by atoms with van der Waals surface area (Å²) in [4.78, 5) is 24.2. The molecule has 2 aromatic rings. The first kappa shape index (κ1) is 18.2. The van der Waals surface area contributed by atoms with Crippen LogP contribution in [0.3, 0.4) is 0 Å². The number of nitrogens with zero attached hydrogens (tertiary/aromatic N) is 2. The number of benzene rings is 1. The maximum Gasteiger partial charge on any atom is 0.228 e. The van der Waals surface area contributed by atoms with Gasteiger partial charge < -0.3 is 10.6 Å². The lowest BCUT2D eigenvalue weighted by molar-refractivity contribution is -0.117. The third-order valence-corrected chi connectivity index (χ3v) is 4.62. The molecule has 1 aliphatic carbocycles. The normalized spacial score (nSPS) is 13.5. The van der Waals surface area contributed by atoms with Crippen molar-refractivity contribution < 1.29 is 9.59 Å². The largest absolute Gasteiger partial charge is 0.326 e. The molecule has 138 valence electrons. The number of aromatic nitrogens is 2. The van der Waals surface area contributed by atoms with Crippen molar-refractivity contribution in [2.75, 3.05) is 10.6 Å². The molecule has 1 heterocycles. The van der Waals surface area contributed by atoms with E-state index in [1.165, 1.54) is 0 Å². The molecule has 26 heavy (non-hydrogen) atoms. The molecule has 0 radical (unpaired) electrons. The third-order valence-electron chi connectivity index (χ3n) is 4.62. The van der Waals surface area contributed by atoms with Gasteiger partial charge in [0.1, 0.15) is 0 Å². The second-order valence-corrected chi connectivity index (χ2v) is 6.95. The molecule has 2 amide bonds. The number of carbonyl (C=O) groups is 2. The van der Waals surface area contributed by atoms with E-state index in [-0.39, 0.29) is 24.2 Å². The Kier molecular flexibility index (Phi) is 5.40. The molecule has 0 bridgehead atoms. The Morgan fingerprint density at radius 2 is 1.85 bits per heavy atom. The van der Waals surface area contributed by atoms with Crippen molar-refractivity contribution in [3.63, 3.8) is 0 Å². The number of nitrogens with one attached hydrogen (secondary N) is 2. The molecule has 6 nitrogen and oxygen atoms in total. The zero-order valence-electron chi connectivity index (χ0n) is 15.6. The summed E-state index contributed by atoms with van der Waals surface area (Å²) in [5.41, 5.74) is 4.30. The summed E-state index contributed by atoms with van der Waals surface area (Å²) in [5.74, 6) is 0.202. The highest BCUT2D eigenvalue weighted by molar-refractivity contribution is 5.95. The first-order chi connectivity index (χ1) is 12.5. The Hall–Kier alpha value is -2.63. The van der Waals surface area contributed by atoms with Crippen LogP contribution < -0.4 is 10.6 Å². The molecular weight excluding hydrogens is 328 g/mol. The molecule has 1 saturated carbocycles. The molecule has 0 atom stereocenters. The van der Waals surface area contributed by atoms with Crippen LogP contribution in [0.4, 0.5) is 11.4 Å². The van der Waals surface area contributed by atoms with E-state index in [1.54, 1.807) is 0 Å². The van der Waals surface area contributed by atoms with Gasteiger partial charge in [-0.05, 0) is 50.8 Å². The fourth-order valence-electron chi connectivity index (χ4n) is 2.97. The molecule has 1 aromatic carbocycles. The average molecular weight is 354 g/mol. The van der Waals surface area contributed by atoms with Crippen molar-refractivity contribution in [2.45, 2.75) is 53.0 Å². The molecular formula is C20H26N4O2. The predicted molar refractivity (Wildman–Crippen MR) is 102 cm³/mol. The van der Waals surface area contributed by atoms with E-state index >= 15 is 0 Å². The quantitative estimate of drug-likeness (QED) is 0.800. The minimum Gasteiger partial charge on any atom is -0.326 e. The van der Waals surface area contributed by atoms with E-state index in [4.69, 9.17) is 0 Å². The van der Waals surface area contributed by atoms with Crippen LogP contribution in [0.5, 0.6) is 0 Å². The zero-order chi connectivity index (χ0) is 18.7. The lowest BCUT2D eigenvalue weighted by atomic mass is 10.1. The predicted octanol–water partition coefficient (Wildman–Crippen LogP) is 3.44. The minimum atomic E-state index is -0.0676. The van der Waals surface area contributed by atoms with E-state index in [0.29, 0.717) is 0 Å².